The fraction of sp³-hybridized carbons (Fsp3) is 0.222. The van der Waals surface area contributed by atoms with E-state index >= 15 is 0 Å². The molecule has 2 rings (SSSR count). The number of amides is 2. The van der Waals surface area contributed by atoms with Crippen LogP contribution >= 0.6 is 11.6 Å². The number of carbonyl (C=O) groups excluding carboxylic acids is 2. The van der Waals surface area contributed by atoms with Crippen molar-refractivity contribution < 1.29 is 9.59 Å². The highest BCUT2D eigenvalue weighted by Crippen LogP contribution is 2.25. The molecule has 0 aliphatic heterocycles. The number of anilines is 2. The molecule has 2 aromatic carbocycles. The molecule has 126 valence electrons. The van der Waals surface area contributed by atoms with Gasteiger partial charge in [-0.3, -0.25) is 9.59 Å². The van der Waals surface area contributed by atoms with Crippen molar-refractivity contribution >= 4 is 34.8 Å². The normalized spacial score (nSPS) is 10.5. The predicted molar refractivity (Wildman–Crippen MR) is 97.8 cm³/mol. The minimum Gasteiger partial charge on any atom is -0.323 e. The summed E-state index contributed by atoms with van der Waals surface area (Å²) in [4.78, 5) is 26.2. The molecule has 0 unspecified atom stereocenters. The highest BCUT2D eigenvalue weighted by molar-refractivity contribution is 6.35. The highest BCUT2D eigenvalue weighted by atomic mass is 35.5. The first-order chi connectivity index (χ1) is 11.4. The standard InChI is InChI=1S/C18H20ClN3O2/c1-12-7-6-8-13(17(12)19)18(24)21-15-10-5-4-9-14(15)20-16(23)11-22(2)3/h4-10H,11H2,1-3H3,(H,20,23)(H,21,24). The van der Waals surface area contributed by atoms with Crippen LogP contribution in [0.3, 0.4) is 0 Å². The molecule has 0 aromatic heterocycles. The Bertz CT molecular complexity index is 760. The monoisotopic (exact) mass is 345 g/mol. The Kier molecular flexibility index (Phi) is 5.95. The largest absolute Gasteiger partial charge is 0.323 e. The highest BCUT2D eigenvalue weighted by Gasteiger charge is 2.14. The molecule has 2 amide bonds. The molecule has 2 aromatic rings. The van der Waals surface area contributed by atoms with Gasteiger partial charge in [0.15, 0.2) is 0 Å². The van der Waals surface area contributed by atoms with Gasteiger partial charge in [0, 0.05) is 0 Å². The average Bonchev–Trinajstić information content (AvgIpc) is 2.51. The number of hydrogen-bond acceptors (Lipinski definition) is 3. The van der Waals surface area contributed by atoms with Crippen LogP contribution in [-0.4, -0.2) is 37.4 Å². The Morgan fingerprint density at radius 2 is 1.62 bits per heavy atom. The maximum atomic E-state index is 12.5. The van der Waals surface area contributed by atoms with Gasteiger partial charge < -0.3 is 15.5 Å². The van der Waals surface area contributed by atoms with Crippen molar-refractivity contribution in [2.24, 2.45) is 0 Å². The zero-order chi connectivity index (χ0) is 17.7. The number of benzene rings is 2. The Morgan fingerprint density at radius 3 is 2.25 bits per heavy atom. The van der Waals surface area contributed by atoms with Crippen LogP contribution < -0.4 is 10.6 Å². The van der Waals surface area contributed by atoms with E-state index < -0.39 is 0 Å². The molecule has 0 bridgehead atoms. The third-order valence-electron chi connectivity index (χ3n) is 3.35. The quantitative estimate of drug-likeness (QED) is 0.873. The molecule has 0 radical (unpaired) electrons. The predicted octanol–water partition coefficient (Wildman–Crippen LogP) is 3.40. The lowest BCUT2D eigenvalue weighted by atomic mass is 10.1. The molecule has 24 heavy (non-hydrogen) atoms. The summed E-state index contributed by atoms with van der Waals surface area (Å²) in [5, 5.41) is 6.02. The molecule has 5 nitrogen and oxygen atoms in total. The fourth-order valence-corrected chi connectivity index (χ4v) is 2.40. The van der Waals surface area contributed by atoms with Crippen molar-refractivity contribution in [3.8, 4) is 0 Å². The second kappa shape index (κ2) is 7.95. The van der Waals surface area contributed by atoms with Crippen LogP contribution in [0.4, 0.5) is 11.4 Å². The van der Waals surface area contributed by atoms with Gasteiger partial charge in [0.2, 0.25) is 5.91 Å². The van der Waals surface area contributed by atoms with Crippen LogP contribution in [0.5, 0.6) is 0 Å². The zero-order valence-electron chi connectivity index (χ0n) is 13.9. The van der Waals surface area contributed by atoms with Gasteiger partial charge in [-0.1, -0.05) is 35.9 Å². The van der Waals surface area contributed by atoms with Crippen LogP contribution in [0.2, 0.25) is 5.02 Å². The summed E-state index contributed by atoms with van der Waals surface area (Å²) in [7, 11) is 3.62. The van der Waals surface area contributed by atoms with E-state index in [2.05, 4.69) is 10.6 Å². The molecule has 0 fully saturated rings. The SMILES string of the molecule is Cc1cccc(C(=O)Nc2ccccc2NC(=O)CN(C)C)c1Cl. The van der Waals surface area contributed by atoms with Crippen LogP contribution in [0, 0.1) is 6.92 Å². The number of nitrogens with zero attached hydrogens (tertiary/aromatic N) is 1. The van der Waals surface area contributed by atoms with E-state index in [9.17, 15) is 9.59 Å². The molecule has 0 heterocycles. The third-order valence-corrected chi connectivity index (χ3v) is 3.85. The second-order valence-electron chi connectivity index (χ2n) is 5.72. The lowest BCUT2D eigenvalue weighted by Gasteiger charge is -2.14. The molecule has 0 aliphatic rings. The maximum Gasteiger partial charge on any atom is 0.257 e. The second-order valence-corrected chi connectivity index (χ2v) is 6.10. The van der Waals surface area contributed by atoms with Crippen molar-refractivity contribution in [2.45, 2.75) is 6.92 Å². The summed E-state index contributed by atoms with van der Waals surface area (Å²) in [6.45, 7) is 2.10. The van der Waals surface area contributed by atoms with E-state index in [-0.39, 0.29) is 18.4 Å². The van der Waals surface area contributed by atoms with Crippen molar-refractivity contribution in [3.63, 3.8) is 0 Å². The van der Waals surface area contributed by atoms with E-state index in [0.717, 1.165) is 5.56 Å². The van der Waals surface area contributed by atoms with Gasteiger partial charge in [-0.2, -0.15) is 0 Å². The van der Waals surface area contributed by atoms with Gasteiger partial charge >= 0.3 is 0 Å². The van der Waals surface area contributed by atoms with Crippen LogP contribution in [-0.2, 0) is 4.79 Å². The summed E-state index contributed by atoms with van der Waals surface area (Å²) in [5.74, 6) is -0.478. The number of likely N-dealkylation sites (N-methyl/N-ethyl adjacent to an activating group) is 1. The van der Waals surface area contributed by atoms with Crippen LogP contribution in [0.25, 0.3) is 0 Å². The minimum absolute atomic E-state index is 0.157. The maximum absolute atomic E-state index is 12.5. The van der Waals surface area contributed by atoms with Gasteiger partial charge in [0.05, 0.1) is 28.5 Å². The molecule has 0 spiro atoms. The molecule has 0 saturated carbocycles. The van der Waals surface area contributed by atoms with Crippen LogP contribution in [0.15, 0.2) is 42.5 Å². The van der Waals surface area contributed by atoms with Gasteiger partial charge in [-0.05, 0) is 44.8 Å². The summed E-state index contributed by atoms with van der Waals surface area (Å²) in [6.07, 6.45) is 0. The minimum atomic E-state index is -0.321. The van der Waals surface area contributed by atoms with Crippen molar-refractivity contribution in [1.82, 2.24) is 4.90 Å². The summed E-state index contributed by atoms with van der Waals surface area (Å²) in [6, 6.07) is 12.3. The van der Waals surface area contributed by atoms with Crippen molar-refractivity contribution in [2.75, 3.05) is 31.3 Å². The van der Waals surface area contributed by atoms with E-state index in [4.69, 9.17) is 11.6 Å². The Balaban J connectivity index is 2.19. The first-order valence-electron chi connectivity index (χ1n) is 7.48. The number of para-hydroxylation sites is 2. The smallest absolute Gasteiger partial charge is 0.257 e. The van der Waals surface area contributed by atoms with Gasteiger partial charge in [-0.15, -0.1) is 0 Å². The van der Waals surface area contributed by atoms with Crippen molar-refractivity contribution in [1.29, 1.82) is 0 Å². The third kappa shape index (κ3) is 4.57. The first kappa shape index (κ1) is 18.0. The summed E-state index contributed by atoms with van der Waals surface area (Å²) in [5.41, 5.74) is 2.29. The number of carbonyl (C=O) groups is 2. The zero-order valence-corrected chi connectivity index (χ0v) is 14.6. The van der Waals surface area contributed by atoms with E-state index in [1.54, 1.807) is 41.3 Å². The molecule has 0 saturated heterocycles. The van der Waals surface area contributed by atoms with Gasteiger partial charge in [0.1, 0.15) is 0 Å². The fourth-order valence-electron chi connectivity index (χ4n) is 2.19. The summed E-state index contributed by atoms with van der Waals surface area (Å²) < 4.78 is 0. The lowest BCUT2D eigenvalue weighted by molar-refractivity contribution is -0.116. The number of halogens is 1. The molecular weight excluding hydrogens is 326 g/mol. The average molecular weight is 346 g/mol. The summed E-state index contributed by atoms with van der Waals surface area (Å²) >= 11 is 6.20. The number of nitrogens with one attached hydrogen (secondary N) is 2. The molecule has 0 aliphatic carbocycles. The first-order valence-corrected chi connectivity index (χ1v) is 7.86. The number of hydrogen-bond donors (Lipinski definition) is 2. The van der Waals surface area contributed by atoms with E-state index in [1.165, 1.54) is 0 Å². The van der Waals surface area contributed by atoms with Crippen LogP contribution in [0.1, 0.15) is 15.9 Å². The van der Waals surface area contributed by atoms with E-state index in [1.807, 2.05) is 27.1 Å². The molecular formula is C18H20ClN3O2. The Hall–Kier alpha value is -2.37. The molecule has 2 N–H and O–H groups in total. The Labute approximate surface area is 146 Å². The number of aryl methyl sites for hydroxylation is 1. The molecule has 0 atom stereocenters. The van der Waals surface area contributed by atoms with Gasteiger partial charge in [0.25, 0.3) is 5.91 Å². The molecule has 6 heteroatoms. The van der Waals surface area contributed by atoms with Crippen molar-refractivity contribution in [3.05, 3.63) is 58.6 Å². The van der Waals surface area contributed by atoms with E-state index in [0.29, 0.717) is 22.0 Å². The Morgan fingerprint density at radius 1 is 1.00 bits per heavy atom. The number of rotatable bonds is 5. The topological polar surface area (TPSA) is 61.4 Å². The lowest BCUT2D eigenvalue weighted by Crippen LogP contribution is -2.27. The van der Waals surface area contributed by atoms with Gasteiger partial charge in [-0.25, -0.2) is 0 Å².